The smallest absolute Gasteiger partial charge is 0.161 e. The lowest BCUT2D eigenvalue weighted by Gasteiger charge is -2.03. The van der Waals surface area contributed by atoms with E-state index in [4.69, 9.17) is 0 Å². The van der Waals surface area contributed by atoms with Crippen molar-refractivity contribution < 1.29 is 0 Å². The van der Waals surface area contributed by atoms with Gasteiger partial charge in [-0.15, -0.1) is 0 Å². The van der Waals surface area contributed by atoms with E-state index in [0.717, 1.165) is 36.7 Å². The second-order valence-corrected chi connectivity index (χ2v) is 4.97. The Labute approximate surface area is 108 Å². The van der Waals surface area contributed by atoms with Gasteiger partial charge in [0.05, 0.1) is 11.8 Å². The summed E-state index contributed by atoms with van der Waals surface area (Å²) in [7, 11) is 0. The molecule has 2 rings (SSSR count). The maximum Gasteiger partial charge on any atom is 0.161 e. The van der Waals surface area contributed by atoms with Crippen molar-refractivity contribution in [2.45, 2.75) is 47.2 Å². The Hall–Kier alpha value is -1.65. The van der Waals surface area contributed by atoms with Crippen LogP contribution in [0.5, 0.6) is 0 Å². The molecule has 5 nitrogen and oxygen atoms in total. The average molecular weight is 247 g/mol. The molecular weight excluding hydrogens is 226 g/mol. The molecule has 18 heavy (non-hydrogen) atoms. The lowest BCUT2D eigenvalue weighted by molar-refractivity contribution is 0.487. The minimum absolute atomic E-state index is 0.694. The Morgan fingerprint density at radius 2 is 2.11 bits per heavy atom. The lowest BCUT2D eigenvalue weighted by Crippen LogP contribution is -2.01. The van der Waals surface area contributed by atoms with E-state index in [-0.39, 0.29) is 0 Å². The Kier molecular flexibility index (Phi) is 3.79. The van der Waals surface area contributed by atoms with Gasteiger partial charge >= 0.3 is 0 Å². The van der Waals surface area contributed by atoms with Gasteiger partial charge in [-0.3, -0.25) is 4.68 Å². The molecule has 98 valence electrons. The van der Waals surface area contributed by atoms with Gasteiger partial charge in [0.1, 0.15) is 5.82 Å². The van der Waals surface area contributed by atoms with Crippen LogP contribution in [0.3, 0.4) is 0 Å². The predicted molar refractivity (Wildman–Crippen MR) is 71.1 cm³/mol. The zero-order valence-electron chi connectivity index (χ0n) is 11.6. The first-order chi connectivity index (χ1) is 8.60. The topological polar surface area (TPSA) is 48.5 Å². The van der Waals surface area contributed by atoms with Crippen LogP contribution in [-0.4, -0.2) is 24.5 Å². The maximum atomic E-state index is 4.46. The molecule has 0 amide bonds. The molecule has 0 radical (unpaired) electrons. The molecule has 0 saturated carbocycles. The normalized spacial score (nSPS) is 11.4. The third-order valence-electron chi connectivity index (χ3n) is 2.90. The van der Waals surface area contributed by atoms with Gasteiger partial charge in [0, 0.05) is 19.3 Å². The largest absolute Gasteiger partial charge is 0.272 e. The van der Waals surface area contributed by atoms with Crippen molar-refractivity contribution in [2.75, 3.05) is 0 Å². The molecule has 0 bridgehead atoms. The summed E-state index contributed by atoms with van der Waals surface area (Å²) in [5, 5.41) is 8.74. The molecule has 0 N–H and O–H groups in total. The number of aromatic nitrogens is 5. The van der Waals surface area contributed by atoms with E-state index in [0.29, 0.717) is 5.92 Å². The van der Waals surface area contributed by atoms with Crippen molar-refractivity contribution in [2.24, 2.45) is 5.92 Å². The number of rotatable bonds is 5. The van der Waals surface area contributed by atoms with Crippen molar-refractivity contribution in [3.63, 3.8) is 0 Å². The minimum Gasteiger partial charge on any atom is -0.272 e. The number of nitrogens with zero attached hydrogens (tertiary/aromatic N) is 5. The summed E-state index contributed by atoms with van der Waals surface area (Å²) in [6.07, 6.45) is 5.06. The molecule has 0 spiro atoms. The SMILES string of the molecule is CCn1nc(C)nc1-c1cnn(CCC(C)C)c1. The van der Waals surface area contributed by atoms with Crippen molar-refractivity contribution in [3.05, 3.63) is 18.2 Å². The van der Waals surface area contributed by atoms with Crippen LogP contribution in [0.25, 0.3) is 11.4 Å². The van der Waals surface area contributed by atoms with Crippen LogP contribution in [0, 0.1) is 12.8 Å². The summed E-state index contributed by atoms with van der Waals surface area (Å²) in [5.74, 6) is 2.41. The summed E-state index contributed by atoms with van der Waals surface area (Å²) >= 11 is 0. The molecule has 2 heterocycles. The van der Waals surface area contributed by atoms with Gasteiger partial charge in [-0.05, 0) is 26.2 Å². The Morgan fingerprint density at radius 3 is 2.78 bits per heavy atom. The highest BCUT2D eigenvalue weighted by molar-refractivity contribution is 5.52. The van der Waals surface area contributed by atoms with Crippen molar-refractivity contribution in [1.82, 2.24) is 24.5 Å². The monoisotopic (exact) mass is 247 g/mol. The fraction of sp³-hybridized carbons (Fsp3) is 0.615. The molecule has 0 aliphatic carbocycles. The van der Waals surface area contributed by atoms with Crippen LogP contribution < -0.4 is 0 Å². The molecule has 0 aliphatic rings. The average Bonchev–Trinajstić information content (AvgIpc) is 2.92. The van der Waals surface area contributed by atoms with Crippen LogP contribution in [0.15, 0.2) is 12.4 Å². The summed E-state index contributed by atoms with van der Waals surface area (Å²) in [5.41, 5.74) is 1.04. The fourth-order valence-electron chi connectivity index (χ4n) is 1.88. The van der Waals surface area contributed by atoms with Gasteiger partial charge in [0.15, 0.2) is 5.82 Å². The van der Waals surface area contributed by atoms with Crippen molar-refractivity contribution in [1.29, 1.82) is 0 Å². The highest BCUT2D eigenvalue weighted by atomic mass is 15.3. The number of aryl methyl sites for hydroxylation is 3. The van der Waals surface area contributed by atoms with E-state index in [1.807, 2.05) is 22.5 Å². The maximum absolute atomic E-state index is 4.46. The van der Waals surface area contributed by atoms with Crippen LogP contribution in [0.2, 0.25) is 0 Å². The summed E-state index contributed by atoms with van der Waals surface area (Å²) in [6.45, 7) is 10.2. The Balaban J connectivity index is 2.18. The summed E-state index contributed by atoms with van der Waals surface area (Å²) < 4.78 is 3.90. The first-order valence-corrected chi connectivity index (χ1v) is 6.54. The molecule has 0 aliphatic heterocycles. The van der Waals surface area contributed by atoms with Crippen LogP contribution >= 0.6 is 0 Å². The molecule has 0 fully saturated rings. The zero-order valence-corrected chi connectivity index (χ0v) is 11.6. The Morgan fingerprint density at radius 1 is 1.33 bits per heavy atom. The van der Waals surface area contributed by atoms with Crippen LogP contribution in [-0.2, 0) is 13.1 Å². The van der Waals surface area contributed by atoms with Crippen molar-refractivity contribution in [3.8, 4) is 11.4 Å². The second kappa shape index (κ2) is 5.33. The third kappa shape index (κ3) is 2.78. The van der Waals surface area contributed by atoms with E-state index >= 15 is 0 Å². The van der Waals surface area contributed by atoms with E-state index < -0.39 is 0 Å². The standard InChI is InChI=1S/C13H21N5/c1-5-18-13(15-11(4)16-18)12-8-14-17(9-12)7-6-10(2)3/h8-10H,5-7H2,1-4H3. The molecule has 0 saturated heterocycles. The van der Waals surface area contributed by atoms with E-state index in [1.165, 1.54) is 0 Å². The second-order valence-electron chi connectivity index (χ2n) is 4.97. The van der Waals surface area contributed by atoms with Gasteiger partial charge in [0.2, 0.25) is 0 Å². The molecule has 2 aromatic rings. The summed E-state index contributed by atoms with van der Waals surface area (Å²) in [4.78, 5) is 4.46. The van der Waals surface area contributed by atoms with Gasteiger partial charge in [-0.2, -0.15) is 10.2 Å². The van der Waals surface area contributed by atoms with Crippen LogP contribution in [0.1, 0.15) is 33.0 Å². The minimum atomic E-state index is 0.694. The molecule has 0 aromatic carbocycles. The summed E-state index contributed by atoms with van der Waals surface area (Å²) in [6, 6.07) is 0. The van der Waals surface area contributed by atoms with Gasteiger partial charge in [-0.1, -0.05) is 13.8 Å². The van der Waals surface area contributed by atoms with Gasteiger partial charge in [0.25, 0.3) is 0 Å². The van der Waals surface area contributed by atoms with E-state index in [1.54, 1.807) is 0 Å². The molecule has 0 unspecified atom stereocenters. The van der Waals surface area contributed by atoms with E-state index in [2.05, 4.69) is 42.1 Å². The molecule has 2 aromatic heterocycles. The predicted octanol–water partition coefficient (Wildman–Crippen LogP) is 2.52. The third-order valence-corrected chi connectivity index (χ3v) is 2.90. The zero-order chi connectivity index (χ0) is 13.1. The highest BCUT2D eigenvalue weighted by Crippen LogP contribution is 2.16. The van der Waals surface area contributed by atoms with Crippen LogP contribution in [0.4, 0.5) is 0 Å². The molecule has 0 atom stereocenters. The van der Waals surface area contributed by atoms with Gasteiger partial charge < -0.3 is 0 Å². The highest BCUT2D eigenvalue weighted by Gasteiger charge is 2.10. The number of hydrogen-bond acceptors (Lipinski definition) is 3. The van der Waals surface area contributed by atoms with E-state index in [9.17, 15) is 0 Å². The first kappa shape index (κ1) is 12.8. The number of hydrogen-bond donors (Lipinski definition) is 0. The quantitative estimate of drug-likeness (QED) is 0.815. The molecular formula is C13H21N5. The molecule has 5 heteroatoms. The lowest BCUT2D eigenvalue weighted by atomic mass is 10.1. The first-order valence-electron chi connectivity index (χ1n) is 6.54. The Bertz CT molecular complexity index is 509. The van der Waals surface area contributed by atoms with Crippen molar-refractivity contribution >= 4 is 0 Å². The van der Waals surface area contributed by atoms with Gasteiger partial charge in [-0.25, -0.2) is 9.67 Å². The fourth-order valence-corrected chi connectivity index (χ4v) is 1.88.